The lowest BCUT2D eigenvalue weighted by molar-refractivity contribution is 0.172. The van der Waals surface area contributed by atoms with Gasteiger partial charge in [-0.25, -0.2) is 5.01 Å². The predicted octanol–water partition coefficient (Wildman–Crippen LogP) is 4.12. The predicted molar refractivity (Wildman–Crippen MR) is 88.5 cm³/mol. The molecule has 0 radical (unpaired) electrons. The van der Waals surface area contributed by atoms with Gasteiger partial charge in [-0.1, -0.05) is 47.5 Å². The Morgan fingerprint density at radius 3 is 2.57 bits per heavy atom. The molecule has 1 unspecified atom stereocenters. The molecular weight excluding hydrogens is 280 g/mol. The Morgan fingerprint density at radius 1 is 1.14 bits per heavy atom. The fraction of sp³-hybridized carbons (Fsp3) is 0.333. The van der Waals surface area contributed by atoms with Crippen molar-refractivity contribution in [1.82, 2.24) is 10.4 Å². The highest BCUT2D eigenvalue weighted by Crippen LogP contribution is 2.33. The summed E-state index contributed by atoms with van der Waals surface area (Å²) in [6.07, 6.45) is 1.05. The quantitative estimate of drug-likeness (QED) is 0.852. The summed E-state index contributed by atoms with van der Waals surface area (Å²) in [6, 6.07) is 15.6. The Labute approximate surface area is 131 Å². The van der Waals surface area contributed by atoms with Gasteiger partial charge in [0.05, 0.1) is 6.04 Å². The number of rotatable bonds is 1. The SMILES string of the molecule is Cc1ccc2c(c1)C(c1ccc(Cl)cc1)N(C)N[C@@H](C)C2. The molecule has 0 aliphatic carbocycles. The van der Waals surface area contributed by atoms with Gasteiger partial charge in [0.2, 0.25) is 0 Å². The molecule has 2 nitrogen and oxygen atoms in total. The maximum atomic E-state index is 6.04. The van der Waals surface area contributed by atoms with Crippen LogP contribution < -0.4 is 5.43 Å². The molecule has 0 spiro atoms. The molecule has 3 rings (SSSR count). The van der Waals surface area contributed by atoms with Gasteiger partial charge in [-0.15, -0.1) is 0 Å². The number of fused-ring (bicyclic) bond motifs is 1. The molecule has 0 saturated heterocycles. The number of benzene rings is 2. The smallest absolute Gasteiger partial charge is 0.0742 e. The average molecular weight is 301 g/mol. The number of halogens is 1. The minimum Gasteiger partial charge on any atom is -0.251 e. The summed E-state index contributed by atoms with van der Waals surface area (Å²) in [7, 11) is 2.12. The maximum Gasteiger partial charge on any atom is 0.0742 e. The van der Waals surface area contributed by atoms with Crippen LogP contribution in [-0.2, 0) is 6.42 Å². The number of nitrogens with one attached hydrogen (secondary N) is 1. The van der Waals surface area contributed by atoms with Crippen molar-refractivity contribution in [2.75, 3.05) is 7.05 Å². The first-order valence-electron chi connectivity index (χ1n) is 7.38. The second-order valence-electron chi connectivity index (χ2n) is 6.00. The highest BCUT2D eigenvalue weighted by molar-refractivity contribution is 6.30. The van der Waals surface area contributed by atoms with Crippen LogP contribution in [0.25, 0.3) is 0 Å². The van der Waals surface area contributed by atoms with Crippen LogP contribution in [0.5, 0.6) is 0 Å². The summed E-state index contributed by atoms with van der Waals surface area (Å²) in [5.74, 6) is 0. The molecule has 1 aliphatic heterocycles. The molecule has 3 heteroatoms. The van der Waals surface area contributed by atoms with Crippen molar-refractivity contribution in [3.63, 3.8) is 0 Å². The minimum atomic E-state index is 0.210. The summed E-state index contributed by atoms with van der Waals surface area (Å²) in [5.41, 5.74) is 8.94. The number of aryl methyl sites for hydroxylation is 1. The van der Waals surface area contributed by atoms with Gasteiger partial charge in [-0.3, -0.25) is 5.43 Å². The first-order chi connectivity index (χ1) is 10.0. The topological polar surface area (TPSA) is 15.3 Å². The number of nitrogens with zero attached hydrogens (tertiary/aromatic N) is 1. The van der Waals surface area contributed by atoms with E-state index in [0.717, 1.165) is 11.4 Å². The average Bonchev–Trinajstić information content (AvgIpc) is 2.55. The van der Waals surface area contributed by atoms with E-state index >= 15 is 0 Å². The fourth-order valence-electron chi connectivity index (χ4n) is 3.21. The zero-order valence-corrected chi connectivity index (χ0v) is 13.5. The van der Waals surface area contributed by atoms with Gasteiger partial charge in [-0.2, -0.15) is 0 Å². The molecule has 1 N–H and O–H groups in total. The van der Waals surface area contributed by atoms with Crippen molar-refractivity contribution < 1.29 is 0 Å². The molecule has 0 amide bonds. The lowest BCUT2D eigenvalue weighted by Gasteiger charge is -2.29. The van der Waals surface area contributed by atoms with Crippen LogP contribution in [0, 0.1) is 6.92 Å². The van der Waals surface area contributed by atoms with Gasteiger partial charge in [-0.05, 0) is 49.1 Å². The van der Waals surface area contributed by atoms with E-state index in [4.69, 9.17) is 11.6 Å². The van der Waals surface area contributed by atoms with E-state index in [1.165, 1.54) is 22.3 Å². The van der Waals surface area contributed by atoms with Gasteiger partial charge in [0.1, 0.15) is 0 Å². The van der Waals surface area contributed by atoms with Crippen molar-refractivity contribution in [3.8, 4) is 0 Å². The highest BCUT2D eigenvalue weighted by Gasteiger charge is 2.27. The van der Waals surface area contributed by atoms with E-state index in [2.05, 4.69) is 61.7 Å². The van der Waals surface area contributed by atoms with Crippen LogP contribution in [0.2, 0.25) is 5.02 Å². The van der Waals surface area contributed by atoms with Crippen LogP contribution in [0.3, 0.4) is 0 Å². The van der Waals surface area contributed by atoms with E-state index in [1.807, 2.05) is 12.1 Å². The van der Waals surface area contributed by atoms with Gasteiger partial charge < -0.3 is 0 Å². The van der Waals surface area contributed by atoms with E-state index in [9.17, 15) is 0 Å². The zero-order valence-electron chi connectivity index (χ0n) is 12.7. The van der Waals surface area contributed by atoms with Crippen molar-refractivity contribution in [2.45, 2.75) is 32.4 Å². The monoisotopic (exact) mass is 300 g/mol. The third-order valence-electron chi connectivity index (χ3n) is 4.12. The Kier molecular flexibility index (Phi) is 4.03. The lowest BCUT2D eigenvalue weighted by Crippen LogP contribution is -2.42. The van der Waals surface area contributed by atoms with Crippen LogP contribution in [0.15, 0.2) is 42.5 Å². The molecule has 0 fully saturated rings. The Hall–Kier alpha value is -1.35. The molecule has 2 aromatic carbocycles. The second kappa shape index (κ2) is 5.80. The van der Waals surface area contributed by atoms with E-state index in [0.29, 0.717) is 6.04 Å². The Balaban J connectivity index is 2.13. The molecule has 0 saturated carbocycles. The Bertz CT molecular complexity index is 636. The molecule has 2 atom stereocenters. The van der Waals surface area contributed by atoms with Crippen molar-refractivity contribution in [3.05, 3.63) is 69.7 Å². The van der Waals surface area contributed by atoms with Crippen LogP contribution >= 0.6 is 11.6 Å². The highest BCUT2D eigenvalue weighted by atomic mass is 35.5. The van der Waals surface area contributed by atoms with E-state index < -0.39 is 0 Å². The van der Waals surface area contributed by atoms with Gasteiger partial charge >= 0.3 is 0 Å². The molecule has 1 heterocycles. The molecule has 110 valence electrons. The molecule has 1 aliphatic rings. The summed E-state index contributed by atoms with van der Waals surface area (Å²) < 4.78 is 0. The summed E-state index contributed by atoms with van der Waals surface area (Å²) in [4.78, 5) is 0. The molecule has 0 bridgehead atoms. The van der Waals surface area contributed by atoms with Gasteiger partial charge in [0.15, 0.2) is 0 Å². The van der Waals surface area contributed by atoms with Crippen LogP contribution in [0.1, 0.15) is 35.2 Å². The molecule has 21 heavy (non-hydrogen) atoms. The lowest BCUT2D eigenvalue weighted by atomic mass is 9.91. The summed E-state index contributed by atoms with van der Waals surface area (Å²) in [5, 5.41) is 3.00. The molecule has 0 aromatic heterocycles. The van der Waals surface area contributed by atoms with Crippen LogP contribution in [0.4, 0.5) is 0 Å². The number of hydrogen-bond donors (Lipinski definition) is 1. The summed E-state index contributed by atoms with van der Waals surface area (Å²) in [6.45, 7) is 4.38. The first-order valence-corrected chi connectivity index (χ1v) is 7.76. The summed E-state index contributed by atoms with van der Waals surface area (Å²) >= 11 is 6.04. The zero-order chi connectivity index (χ0) is 15.0. The van der Waals surface area contributed by atoms with Crippen molar-refractivity contribution in [1.29, 1.82) is 0 Å². The van der Waals surface area contributed by atoms with E-state index in [1.54, 1.807) is 0 Å². The standard InChI is InChI=1S/C18H21ClN2/c1-12-4-5-15-11-13(2)20-21(3)18(17(15)10-12)14-6-8-16(19)9-7-14/h4-10,13,18,20H,11H2,1-3H3/t13-,18?/m0/s1. The third-order valence-corrected chi connectivity index (χ3v) is 4.37. The molecular formula is C18H21ClN2. The minimum absolute atomic E-state index is 0.210. The van der Waals surface area contributed by atoms with Crippen LogP contribution in [-0.4, -0.2) is 18.1 Å². The van der Waals surface area contributed by atoms with Crippen molar-refractivity contribution in [2.24, 2.45) is 0 Å². The number of hydrogen-bond acceptors (Lipinski definition) is 2. The maximum absolute atomic E-state index is 6.04. The first kappa shape index (κ1) is 14.6. The second-order valence-corrected chi connectivity index (χ2v) is 6.44. The van der Waals surface area contributed by atoms with Crippen molar-refractivity contribution >= 4 is 11.6 Å². The van der Waals surface area contributed by atoms with E-state index in [-0.39, 0.29) is 6.04 Å². The third kappa shape index (κ3) is 2.98. The Morgan fingerprint density at radius 2 is 1.86 bits per heavy atom. The number of hydrazine groups is 1. The van der Waals surface area contributed by atoms with Gasteiger partial charge in [0, 0.05) is 18.1 Å². The largest absolute Gasteiger partial charge is 0.251 e. The molecule has 2 aromatic rings. The van der Waals surface area contributed by atoms with Gasteiger partial charge in [0.25, 0.3) is 0 Å². The normalized spacial score (nSPS) is 22.7. The fourth-order valence-corrected chi connectivity index (χ4v) is 3.34.